The van der Waals surface area contributed by atoms with Crippen LogP contribution in [-0.2, 0) is 0 Å². The molecule has 0 heterocycles. The van der Waals surface area contributed by atoms with Gasteiger partial charge in [-0.05, 0) is 75.3 Å². The Bertz CT molecular complexity index is 742. The molecule has 0 aliphatic heterocycles. The molecule has 0 unspecified atom stereocenters. The molecule has 0 spiro atoms. The zero-order valence-electron chi connectivity index (χ0n) is 15.2. The number of unbranched alkanes of at least 4 members (excludes halogenated alkanes) is 1. The van der Waals surface area contributed by atoms with Crippen molar-refractivity contribution < 1.29 is 0 Å². The van der Waals surface area contributed by atoms with E-state index in [0.29, 0.717) is 10.7 Å². The van der Waals surface area contributed by atoms with Crippen LogP contribution in [0.3, 0.4) is 0 Å². The van der Waals surface area contributed by atoms with E-state index < -0.39 is 0 Å². The van der Waals surface area contributed by atoms with Gasteiger partial charge >= 0.3 is 0 Å². The van der Waals surface area contributed by atoms with Crippen molar-refractivity contribution in [3.63, 3.8) is 0 Å². The summed E-state index contributed by atoms with van der Waals surface area (Å²) in [5.74, 6) is 0. The maximum Gasteiger partial charge on any atom is 0.0482 e. The Morgan fingerprint density at radius 2 is 1.92 bits per heavy atom. The molecule has 0 aromatic heterocycles. The predicted molar refractivity (Wildman–Crippen MR) is 109 cm³/mol. The number of hydrogen-bond donors (Lipinski definition) is 3. The molecule has 0 saturated carbocycles. The minimum atomic E-state index is 0.626. The predicted octanol–water partition coefficient (Wildman–Crippen LogP) is 5.05. The van der Waals surface area contributed by atoms with E-state index >= 15 is 0 Å². The third-order valence-electron chi connectivity index (χ3n) is 4.76. The lowest BCUT2D eigenvalue weighted by molar-refractivity contribution is 0.712. The highest BCUT2D eigenvalue weighted by Gasteiger charge is 2.15. The smallest absolute Gasteiger partial charge is 0.0482 e. The molecule has 1 aromatic carbocycles. The third-order valence-corrected chi connectivity index (χ3v) is 5.17. The standard InChI is InChI=1S/C21H28ClN3/c1-14-11-15(2)20(22)12-18(14)21(25)19(13-24)17-8-6-16(7-9-17)5-3-4-10-23/h6,8,11-13,24H,3-5,7,9-10,23,25H2,1-2H3/b21-19+,24-13?. The zero-order chi connectivity index (χ0) is 18.4. The van der Waals surface area contributed by atoms with Gasteiger partial charge in [0.1, 0.15) is 0 Å². The number of nitrogens with two attached hydrogens (primary N) is 2. The number of rotatable bonds is 7. The van der Waals surface area contributed by atoms with Gasteiger partial charge in [-0.3, -0.25) is 0 Å². The third kappa shape index (κ3) is 4.83. The van der Waals surface area contributed by atoms with E-state index in [9.17, 15) is 0 Å². The van der Waals surface area contributed by atoms with Gasteiger partial charge in [0.2, 0.25) is 0 Å². The molecular weight excluding hydrogens is 330 g/mol. The molecule has 0 bridgehead atoms. The molecule has 2 rings (SSSR count). The topological polar surface area (TPSA) is 75.9 Å². The largest absolute Gasteiger partial charge is 0.398 e. The van der Waals surface area contributed by atoms with E-state index in [1.807, 2.05) is 26.0 Å². The summed E-state index contributed by atoms with van der Waals surface area (Å²) in [6.07, 6.45) is 10.9. The van der Waals surface area contributed by atoms with Crippen LogP contribution in [-0.4, -0.2) is 12.8 Å². The fourth-order valence-corrected chi connectivity index (χ4v) is 3.38. The summed E-state index contributed by atoms with van der Waals surface area (Å²) in [5, 5.41) is 8.56. The Kier molecular flexibility index (Phi) is 7.03. The van der Waals surface area contributed by atoms with Gasteiger partial charge in [0.05, 0.1) is 0 Å². The van der Waals surface area contributed by atoms with Crippen molar-refractivity contribution in [3.05, 3.63) is 62.7 Å². The van der Waals surface area contributed by atoms with Crippen LogP contribution in [0.2, 0.25) is 5.02 Å². The van der Waals surface area contributed by atoms with E-state index in [1.54, 1.807) is 0 Å². The second-order valence-electron chi connectivity index (χ2n) is 6.65. The number of nitrogens with one attached hydrogen (secondary N) is 1. The first-order valence-corrected chi connectivity index (χ1v) is 9.22. The highest BCUT2D eigenvalue weighted by Crippen LogP contribution is 2.31. The van der Waals surface area contributed by atoms with E-state index in [0.717, 1.165) is 66.5 Å². The quantitative estimate of drug-likeness (QED) is 0.471. The van der Waals surface area contributed by atoms with Crippen LogP contribution in [0.15, 0.2) is 41.0 Å². The highest BCUT2D eigenvalue weighted by atomic mass is 35.5. The van der Waals surface area contributed by atoms with Crippen molar-refractivity contribution in [2.24, 2.45) is 11.5 Å². The van der Waals surface area contributed by atoms with Gasteiger partial charge in [-0.2, -0.15) is 0 Å². The molecule has 4 heteroatoms. The van der Waals surface area contributed by atoms with Gasteiger partial charge in [-0.15, -0.1) is 0 Å². The Balaban J connectivity index is 2.31. The van der Waals surface area contributed by atoms with Crippen LogP contribution in [0.4, 0.5) is 0 Å². The first kappa shape index (κ1) is 19.5. The second kappa shape index (κ2) is 9.02. The molecule has 1 aromatic rings. The molecule has 134 valence electrons. The average Bonchev–Trinajstić information content (AvgIpc) is 2.60. The minimum absolute atomic E-state index is 0.626. The fraction of sp³-hybridized carbons (Fsp3) is 0.381. The van der Waals surface area contributed by atoms with Gasteiger partial charge in [-0.25, -0.2) is 0 Å². The van der Waals surface area contributed by atoms with Crippen LogP contribution >= 0.6 is 11.6 Å². The summed E-state index contributed by atoms with van der Waals surface area (Å²) in [4.78, 5) is 0. The Hall–Kier alpha value is -1.84. The van der Waals surface area contributed by atoms with Crippen LogP contribution < -0.4 is 11.5 Å². The molecule has 3 nitrogen and oxygen atoms in total. The summed E-state index contributed by atoms with van der Waals surface area (Å²) in [6.45, 7) is 4.76. The normalized spacial score (nSPS) is 15.4. The summed E-state index contributed by atoms with van der Waals surface area (Å²) in [7, 11) is 0. The Labute approximate surface area is 155 Å². The summed E-state index contributed by atoms with van der Waals surface area (Å²) >= 11 is 6.27. The fourth-order valence-electron chi connectivity index (χ4n) is 3.21. The molecule has 0 saturated heterocycles. The molecule has 0 fully saturated rings. The number of allylic oxidation sites excluding steroid dienone is 5. The number of hydrogen-bond acceptors (Lipinski definition) is 3. The summed E-state index contributed by atoms with van der Waals surface area (Å²) in [6, 6.07) is 3.94. The first-order chi connectivity index (χ1) is 12.0. The minimum Gasteiger partial charge on any atom is -0.398 e. The average molecular weight is 358 g/mol. The van der Waals surface area contributed by atoms with Crippen LogP contribution in [0, 0.1) is 19.3 Å². The molecule has 1 aliphatic carbocycles. The SMILES string of the molecule is Cc1cc(C)c(/C(N)=C(/C=N)C2=CC=C(CCCCN)CC2)cc1Cl. The molecule has 0 atom stereocenters. The van der Waals surface area contributed by atoms with Gasteiger partial charge in [0, 0.05) is 28.1 Å². The van der Waals surface area contributed by atoms with E-state index in [2.05, 4.69) is 12.2 Å². The monoisotopic (exact) mass is 357 g/mol. The first-order valence-electron chi connectivity index (χ1n) is 8.84. The van der Waals surface area contributed by atoms with Crippen molar-refractivity contribution in [1.82, 2.24) is 0 Å². The second-order valence-corrected chi connectivity index (χ2v) is 7.06. The van der Waals surface area contributed by atoms with Gasteiger partial charge in [0.15, 0.2) is 0 Å². The lowest BCUT2D eigenvalue weighted by atomic mass is 9.89. The molecule has 0 radical (unpaired) electrons. The molecule has 0 amide bonds. The summed E-state index contributed by atoms with van der Waals surface area (Å²) < 4.78 is 0. The number of aryl methyl sites for hydroxylation is 2. The van der Waals surface area contributed by atoms with Gasteiger partial charge in [0.25, 0.3) is 0 Å². The van der Waals surface area contributed by atoms with Gasteiger partial charge < -0.3 is 16.9 Å². The van der Waals surface area contributed by atoms with Crippen molar-refractivity contribution in [2.75, 3.05) is 6.54 Å². The Morgan fingerprint density at radius 3 is 2.52 bits per heavy atom. The lowest BCUT2D eigenvalue weighted by Crippen LogP contribution is -2.08. The van der Waals surface area contributed by atoms with Crippen molar-refractivity contribution >= 4 is 23.5 Å². The van der Waals surface area contributed by atoms with Crippen molar-refractivity contribution in [3.8, 4) is 0 Å². The maximum absolute atomic E-state index is 7.86. The lowest BCUT2D eigenvalue weighted by Gasteiger charge is -2.18. The number of benzene rings is 1. The number of halogens is 1. The Morgan fingerprint density at radius 1 is 1.16 bits per heavy atom. The highest BCUT2D eigenvalue weighted by molar-refractivity contribution is 6.31. The van der Waals surface area contributed by atoms with Crippen LogP contribution in [0.1, 0.15) is 48.8 Å². The van der Waals surface area contributed by atoms with E-state index in [4.69, 9.17) is 28.5 Å². The molecular formula is C21H28ClN3. The van der Waals surface area contributed by atoms with Crippen LogP contribution in [0.25, 0.3) is 5.70 Å². The van der Waals surface area contributed by atoms with Crippen LogP contribution in [0.5, 0.6) is 0 Å². The van der Waals surface area contributed by atoms with E-state index in [-0.39, 0.29) is 0 Å². The van der Waals surface area contributed by atoms with Gasteiger partial charge in [-0.1, -0.05) is 35.4 Å². The van der Waals surface area contributed by atoms with Crippen molar-refractivity contribution in [2.45, 2.75) is 46.0 Å². The molecule has 1 aliphatic rings. The summed E-state index contributed by atoms with van der Waals surface area (Å²) in [5.41, 5.74) is 19.0. The molecule has 5 N–H and O–H groups in total. The van der Waals surface area contributed by atoms with Crippen molar-refractivity contribution in [1.29, 1.82) is 5.41 Å². The maximum atomic E-state index is 7.86. The zero-order valence-corrected chi connectivity index (χ0v) is 15.9. The van der Waals surface area contributed by atoms with E-state index in [1.165, 1.54) is 11.8 Å². The molecule has 25 heavy (non-hydrogen) atoms.